The second-order valence-corrected chi connectivity index (χ2v) is 11.9. The molecular formula is C35H38FN5O4S. The number of nitrogens with one attached hydrogen (secondary N) is 2. The van der Waals surface area contributed by atoms with Crippen molar-refractivity contribution in [3.63, 3.8) is 0 Å². The Balaban J connectivity index is 1.50. The number of amides is 3. The van der Waals surface area contributed by atoms with E-state index in [9.17, 15) is 18.8 Å². The SMILES string of the molecule is CCOc1ccc(N(C(=O)c2snc(C(=O)NC3CCCCC3)c2N)[C@H](C(=O)NCCc2ccccc2)c2ccc(F)cc2)cc1. The van der Waals surface area contributed by atoms with Crippen LogP contribution in [0.1, 0.15) is 76.4 Å². The van der Waals surface area contributed by atoms with Crippen LogP contribution in [0.4, 0.5) is 15.8 Å². The zero-order valence-corrected chi connectivity index (χ0v) is 26.5. The van der Waals surface area contributed by atoms with Gasteiger partial charge in [0, 0.05) is 18.3 Å². The minimum Gasteiger partial charge on any atom is -0.494 e. The van der Waals surface area contributed by atoms with E-state index in [1.165, 1.54) is 29.2 Å². The smallest absolute Gasteiger partial charge is 0.273 e. The molecule has 11 heteroatoms. The molecule has 0 aliphatic heterocycles. The number of nitrogens with zero attached hydrogens (tertiary/aromatic N) is 2. The summed E-state index contributed by atoms with van der Waals surface area (Å²) in [5.74, 6) is -1.41. The van der Waals surface area contributed by atoms with Crippen LogP contribution in [-0.2, 0) is 11.2 Å². The molecule has 240 valence electrons. The maximum atomic E-state index is 14.5. The molecule has 4 aromatic rings. The number of aromatic nitrogens is 1. The van der Waals surface area contributed by atoms with Crippen LogP contribution in [0, 0.1) is 5.82 Å². The maximum absolute atomic E-state index is 14.5. The van der Waals surface area contributed by atoms with Crippen molar-refractivity contribution < 1.29 is 23.5 Å². The van der Waals surface area contributed by atoms with Gasteiger partial charge in [0.2, 0.25) is 5.91 Å². The first kappa shape index (κ1) is 32.6. The second-order valence-electron chi connectivity index (χ2n) is 11.2. The minimum absolute atomic E-state index is 0.0174. The number of ether oxygens (including phenoxy) is 1. The number of nitrogens with two attached hydrogens (primary N) is 1. The number of carbonyl (C=O) groups excluding carboxylic acids is 3. The van der Waals surface area contributed by atoms with E-state index in [1.54, 1.807) is 24.3 Å². The van der Waals surface area contributed by atoms with Gasteiger partial charge in [-0.15, -0.1) is 0 Å². The first-order valence-corrected chi connectivity index (χ1v) is 16.3. The predicted octanol–water partition coefficient (Wildman–Crippen LogP) is 6.07. The molecule has 3 amide bonds. The summed E-state index contributed by atoms with van der Waals surface area (Å²) in [6.07, 6.45) is 5.55. The van der Waals surface area contributed by atoms with Gasteiger partial charge >= 0.3 is 0 Å². The van der Waals surface area contributed by atoms with Crippen LogP contribution in [0.3, 0.4) is 0 Å². The maximum Gasteiger partial charge on any atom is 0.273 e. The lowest BCUT2D eigenvalue weighted by Crippen LogP contribution is -2.44. The molecule has 0 saturated heterocycles. The van der Waals surface area contributed by atoms with Gasteiger partial charge in [0.25, 0.3) is 11.8 Å². The lowest BCUT2D eigenvalue weighted by Gasteiger charge is -2.31. The predicted molar refractivity (Wildman–Crippen MR) is 178 cm³/mol. The van der Waals surface area contributed by atoms with Crippen molar-refractivity contribution in [2.45, 2.75) is 57.5 Å². The monoisotopic (exact) mass is 643 g/mol. The summed E-state index contributed by atoms with van der Waals surface area (Å²) in [5, 5.41) is 5.96. The average Bonchev–Trinajstić information content (AvgIpc) is 3.46. The highest BCUT2D eigenvalue weighted by atomic mass is 32.1. The summed E-state index contributed by atoms with van der Waals surface area (Å²) in [7, 11) is 0. The topological polar surface area (TPSA) is 127 Å². The third kappa shape index (κ3) is 7.89. The molecule has 1 saturated carbocycles. The highest BCUT2D eigenvalue weighted by Crippen LogP contribution is 2.34. The summed E-state index contributed by atoms with van der Waals surface area (Å²) >= 11 is 0.807. The number of hydrogen-bond donors (Lipinski definition) is 3. The molecule has 1 aliphatic rings. The van der Waals surface area contributed by atoms with E-state index in [-0.39, 0.29) is 22.3 Å². The first-order chi connectivity index (χ1) is 22.4. The van der Waals surface area contributed by atoms with Crippen LogP contribution < -0.4 is 26.0 Å². The van der Waals surface area contributed by atoms with Gasteiger partial charge in [0.05, 0.1) is 12.3 Å². The second kappa shape index (κ2) is 15.5. The van der Waals surface area contributed by atoms with Crippen LogP contribution >= 0.6 is 11.5 Å². The molecule has 0 unspecified atom stereocenters. The van der Waals surface area contributed by atoms with Crippen molar-refractivity contribution >= 4 is 40.6 Å². The molecule has 0 spiro atoms. The van der Waals surface area contributed by atoms with E-state index in [0.717, 1.165) is 49.2 Å². The Morgan fingerprint density at radius 3 is 2.37 bits per heavy atom. The zero-order chi connectivity index (χ0) is 32.5. The molecule has 4 N–H and O–H groups in total. The van der Waals surface area contributed by atoms with Crippen molar-refractivity contribution in [3.05, 3.63) is 106 Å². The van der Waals surface area contributed by atoms with Crippen molar-refractivity contribution in [1.82, 2.24) is 15.0 Å². The molecule has 1 aliphatic carbocycles. The van der Waals surface area contributed by atoms with Gasteiger partial charge < -0.3 is 21.1 Å². The van der Waals surface area contributed by atoms with Crippen LogP contribution in [-0.4, -0.2) is 41.3 Å². The lowest BCUT2D eigenvalue weighted by molar-refractivity contribution is -0.122. The third-order valence-electron chi connectivity index (χ3n) is 7.97. The van der Waals surface area contributed by atoms with Crippen molar-refractivity contribution in [2.24, 2.45) is 0 Å². The number of carbonyl (C=O) groups is 3. The zero-order valence-electron chi connectivity index (χ0n) is 25.7. The molecule has 0 bridgehead atoms. The number of halogens is 1. The van der Waals surface area contributed by atoms with Crippen molar-refractivity contribution in [1.29, 1.82) is 0 Å². The fraction of sp³-hybridized carbons (Fsp3) is 0.314. The van der Waals surface area contributed by atoms with Gasteiger partial charge in [-0.1, -0.05) is 61.7 Å². The molecule has 0 radical (unpaired) electrons. The Kier molecular flexibility index (Phi) is 11.0. The minimum atomic E-state index is -1.21. The Hall–Kier alpha value is -4.77. The number of benzene rings is 3. The van der Waals surface area contributed by atoms with E-state index in [0.29, 0.717) is 36.6 Å². The van der Waals surface area contributed by atoms with E-state index in [1.807, 2.05) is 37.3 Å². The van der Waals surface area contributed by atoms with Crippen molar-refractivity contribution in [2.75, 3.05) is 23.8 Å². The average molecular weight is 644 g/mol. The summed E-state index contributed by atoms with van der Waals surface area (Å²) < 4.78 is 23.9. The van der Waals surface area contributed by atoms with Crippen LogP contribution in [0.15, 0.2) is 78.9 Å². The van der Waals surface area contributed by atoms with Crippen LogP contribution in [0.25, 0.3) is 0 Å². The molecule has 5 rings (SSSR count). The third-order valence-corrected chi connectivity index (χ3v) is 8.82. The summed E-state index contributed by atoms with van der Waals surface area (Å²) in [6.45, 7) is 2.62. The molecule has 9 nitrogen and oxygen atoms in total. The first-order valence-electron chi connectivity index (χ1n) is 15.5. The highest BCUT2D eigenvalue weighted by molar-refractivity contribution is 7.09. The summed E-state index contributed by atoms with van der Waals surface area (Å²) in [4.78, 5) is 43.0. The quantitative estimate of drug-likeness (QED) is 0.172. The van der Waals surface area contributed by atoms with Gasteiger partial charge in [0.15, 0.2) is 5.69 Å². The van der Waals surface area contributed by atoms with E-state index < -0.39 is 29.6 Å². The molecule has 1 atom stereocenters. The molecule has 1 fully saturated rings. The van der Waals surface area contributed by atoms with Gasteiger partial charge in [-0.2, -0.15) is 4.37 Å². The fourth-order valence-electron chi connectivity index (χ4n) is 5.61. The van der Waals surface area contributed by atoms with Gasteiger partial charge in [0.1, 0.15) is 22.5 Å². The largest absolute Gasteiger partial charge is 0.494 e. The Morgan fingerprint density at radius 2 is 1.70 bits per heavy atom. The number of rotatable bonds is 12. The highest BCUT2D eigenvalue weighted by Gasteiger charge is 2.36. The molecule has 1 aromatic heterocycles. The number of anilines is 2. The Labute approximate surface area is 272 Å². The summed E-state index contributed by atoms with van der Waals surface area (Å²) in [6, 6.07) is 20.7. The Morgan fingerprint density at radius 1 is 1.00 bits per heavy atom. The van der Waals surface area contributed by atoms with E-state index >= 15 is 0 Å². The van der Waals surface area contributed by atoms with Gasteiger partial charge in [-0.05, 0) is 85.2 Å². The molecule has 1 heterocycles. The van der Waals surface area contributed by atoms with Crippen molar-refractivity contribution in [3.8, 4) is 5.75 Å². The van der Waals surface area contributed by atoms with E-state index in [4.69, 9.17) is 10.5 Å². The van der Waals surface area contributed by atoms with Crippen LogP contribution in [0.5, 0.6) is 5.75 Å². The van der Waals surface area contributed by atoms with E-state index in [2.05, 4.69) is 15.0 Å². The standard InChI is InChI=1S/C35H38FN5O4S/c1-2-45-28-19-17-27(18-20-28)41(35(44)32-29(37)30(40-46-32)33(42)39-26-11-7-4-8-12-26)31(24-13-15-25(36)16-14-24)34(43)38-22-21-23-9-5-3-6-10-23/h3,5-6,9-10,13-20,26,31H,2,4,7-8,11-12,21-22,37H2,1H3,(H,38,43)(H,39,42)/t31-/m0/s1. The van der Waals surface area contributed by atoms with Gasteiger partial charge in [-0.25, -0.2) is 4.39 Å². The van der Waals surface area contributed by atoms with Crippen LogP contribution in [0.2, 0.25) is 0 Å². The lowest BCUT2D eigenvalue weighted by atomic mass is 9.95. The number of hydrogen-bond acceptors (Lipinski definition) is 7. The van der Waals surface area contributed by atoms with Gasteiger partial charge in [-0.3, -0.25) is 19.3 Å². The molecule has 3 aromatic carbocycles. The molecular weight excluding hydrogens is 605 g/mol. The normalized spacial score (nSPS) is 13.9. The fourth-order valence-corrected chi connectivity index (χ4v) is 6.35. The summed E-state index contributed by atoms with van der Waals surface area (Å²) in [5.41, 5.74) is 8.17. The number of nitrogen functional groups attached to an aromatic ring is 1. The molecule has 46 heavy (non-hydrogen) atoms. The Bertz CT molecular complexity index is 1620.